The molecule has 2 atom stereocenters. The molecule has 36 heavy (non-hydrogen) atoms. The molecule has 0 radical (unpaired) electrons. The maximum Gasteiger partial charge on any atom is 0.449 e. The van der Waals surface area contributed by atoms with E-state index in [4.69, 9.17) is 4.74 Å². The minimum absolute atomic E-state index is 0.0121. The Morgan fingerprint density at radius 2 is 1.92 bits per heavy atom. The summed E-state index contributed by atoms with van der Waals surface area (Å²) in [5.74, 6) is -1.38. The van der Waals surface area contributed by atoms with Crippen LogP contribution in [0.2, 0.25) is 0 Å². The molecule has 2 aromatic heterocycles. The number of benzene rings is 1. The number of alkyl halides is 3. The molecule has 9 nitrogen and oxygen atoms in total. The lowest BCUT2D eigenvalue weighted by Gasteiger charge is -2.23. The van der Waals surface area contributed by atoms with Crippen LogP contribution in [0.5, 0.6) is 0 Å². The van der Waals surface area contributed by atoms with Crippen molar-refractivity contribution in [2.24, 2.45) is 0 Å². The standard InChI is InChI=1S/C24H29F3N6O3/c25-24(26,27)23-29-19-20(22(35)30-23)33(18-7-3-4-12-36-18)31-21(19)28-13-17(34)14-32-10-8-15-5-1-2-6-16(15)9-11-32/h1-2,5-6,17-18,34H,3-4,7-14H2,(H,28,31)(H,29,30,35)/t17-,18?/m0/s1. The molecule has 3 aromatic rings. The van der Waals surface area contributed by atoms with Gasteiger partial charge in [-0.05, 0) is 43.2 Å². The quantitative estimate of drug-likeness (QED) is 0.472. The fourth-order valence-corrected chi connectivity index (χ4v) is 4.90. The Balaban J connectivity index is 1.33. The molecule has 2 aliphatic rings. The average Bonchev–Trinajstić information content (AvgIpc) is 3.12. The molecule has 2 aliphatic heterocycles. The zero-order chi connectivity index (χ0) is 25.3. The van der Waals surface area contributed by atoms with Crippen molar-refractivity contribution < 1.29 is 23.0 Å². The van der Waals surface area contributed by atoms with Crippen molar-refractivity contribution in [1.82, 2.24) is 24.6 Å². The van der Waals surface area contributed by atoms with Crippen LogP contribution in [0, 0.1) is 0 Å². The number of aliphatic hydroxyl groups excluding tert-OH is 1. The number of hydrogen-bond acceptors (Lipinski definition) is 7. The van der Waals surface area contributed by atoms with Crippen LogP contribution in [0.15, 0.2) is 29.1 Å². The first-order valence-electron chi connectivity index (χ1n) is 12.2. The summed E-state index contributed by atoms with van der Waals surface area (Å²) in [6, 6.07) is 8.30. The van der Waals surface area contributed by atoms with Gasteiger partial charge in [-0.15, -0.1) is 5.10 Å². The number of halogens is 3. The van der Waals surface area contributed by atoms with E-state index in [0.29, 0.717) is 19.6 Å². The Bertz CT molecular complexity index is 1240. The summed E-state index contributed by atoms with van der Waals surface area (Å²) < 4.78 is 47.1. The fourth-order valence-electron chi connectivity index (χ4n) is 4.90. The number of β-amino-alcohol motifs (C(OH)–C–C–N with tert-alkyl or cyclic N) is 1. The van der Waals surface area contributed by atoms with E-state index in [1.165, 1.54) is 15.8 Å². The van der Waals surface area contributed by atoms with Crippen molar-refractivity contribution in [3.8, 4) is 0 Å². The van der Waals surface area contributed by atoms with Crippen molar-refractivity contribution in [3.05, 3.63) is 51.6 Å². The van der Waals surface area contributed by atoms with Crippen LogP contribution in [0.25, 0.3) is 11.0 Å². The van der Waals surface area contributed by atoms with Crippen molar-refractivity contribution in [2.45, 2.75) is 50.6 Å². The van der Waals surface area contributed by atoms with Crippen LogP contribution in [-0.4, -0.2) is 68.6 Å². The minimum Gasteiger partial charge on any atom is -0.390 e. The third kappa shape index (κ3) is 5.25. The number of ether oxygens (including phenoxy) is 1. The lowest BCUT2D eigenvalue weighted by atomic mass is 10.0. The normalized spacial score (nSPS) is 20.2. The number of hydrogen-bond donors (Lipinski definition) is 3. The van der Waals surface area contributed by atoms with E-state index < -0.39 is 29.9 Å². The Morgan fingerprint density at radius 1 is 1.19 bits per heavy atom. The van der Waals surface area contributed by atoms with E-state index >= 15 is 0 Å². The van der Waals surface area contributed by atoms with Gasteiger partial charge < -0.3 is 25.0 Å². The molecule has 1 aromatic carbocycles. The van der Waals surface area contributed by atoms with Gasteiger partial charge in [0.1, 0.15) is 5.52 Å². The van der Waals surface area contributed by atoms with E-state index in [9.17, 15) is 23.1 Å². The van der Waals surface area contributed by atoms with Gasteiger partial charge in [0.05, 0.1) is 6.10 Å². The topological polar surface area (TPSA) is 108 Å². The first-order valence-corrected chi connectivity index (χ1v) is 12.2. The molecule has 1 saturated heterocycles. The number of aliphatic hydroxyl groups is 1. The number of rotatable bonds is 6. The Morgan fingerprint density at radius 3 is 2.56 bits per heavy atom. The minimum atomic E-state index is -4.82. The molecule has 3 N–H and O–H groups in total. The smallest absolute Gasteiger partial charge is 0.390 e. The highest BCUT2D eigenvalue weighted by atomic mass is 19.4. The van der Waals surface area contributed by atoms with Crippen LogP contribution in [0.3, 0.4) is 0 Å². The first-order chi connectivity index (χ1) is 17.3. The molecule has 0 spiro atoms. The molecule has 0 amide bonds. The molecule has 12 heteroatoms. The van der Waals surface area contributed by atoms with Gasteiger partial charge >= 0.3 is 6.18 Å². The molecular weight excluding hydrogens is 477 g/mol. The van der Waals surface area contributed by atoms with Crippen LogP contribution in [-0.2, 0) is 23.8 Å². The second-order valence-corrected chi connectivity index (χ2v) is 9.33. The second kappa shape index (κ2) is 10.2. The van der Waals surface area contributed by atoms with E-state index in [0.717, 1.165) is 38.8 Å². The van der Waals surface area contributed by atoms with Gasteiger partial charge in [0, 0.05) is 32.8 Å². The summed E-state index contributed by atoms with van der Waals surface area (Å²) in [5.41, 5.74) is 1.40. The molecule has 194 valence electrons. The van der Waals surface area contributed by atoms with E-state index in [2.05, 4.69) is 32.4 Å². The number of fused-ring (bicyclic) bond motifs is 2. The number of aromatic nitrogens is 4. The van der Waals surface area contributed by atoms with E-state index in [1.807, 2.05) is 17.1 Å². The predicted octanol–water partition coefficient (Wildman–Crippen LogP) is 2.71. The largest absolute Gasteiger partial charge is 0.449 e. The summed E-state index contributed by atoms with van der Waals surface area (Å²) in [5, 5.41) is 18.0. The molecule has 4 heterocycles. The zero-order valence-corrected chi connectivity index (χ0v) is 19.7. The van der Waals surface area contributed by atoms with Gasteiger partial charge in [0.2, 0.25) is 5.82 Å². The average molecular weight is 507 g/mol. The molecular formula is C24H29F3N6O3. The lowest BCUT2D eigenvalue weighted by Crippen LogP contribution is -2.37. The maximum atomic E-state index is 13.3. The SMILES string of the molecule is O=c1[nH]c(C(F)(F)F)nc2c(NC[C@H](O)CN3CCc4ccccc4CC3)nn(C3CCCCO3)c12. The summed E-state index contributed by atoms with van der Waals surface area (Å²) >= 11 is 0. The van der Waals surface area contributed by atoms with Crippen LogP contribution in [0.1, 0.15) is 42.4 Å². The van der Waals surface area contributed by atoms with Crippen LogP contribution < -0.4 is 10.9 Å². The predicted molar refractivity (Wildman–Crippen MR) is 127 cm³/mol. The third-order valence-corrected chi connectivity index (χ3v) is 6.74. The lowest BCUT2D eigenvalue weighted by molar-refractivity contribution is -0.144. The van der Waals surface area contributed by atoms with E-state index in [1.54, 1.807) is 0 Å². The Labute approximate surface area is 205 Å². The second-order valence-electron chi connectivity index (χ2n) is 9.33. The van der Waals surface area contributed by atoms with Crippen molar-refractivity contribution in [2.75, 3.05) is 38.1 Å². The molecule has 1 unspecified atom stereocenters. The van der Waals surface area contributed by atoms with Gasteiger partial charge in [-0.3, -0.25) is 4.79 Å². The van der Waals surface area contributed by atoms with Crippen LogP contribution >= 0.6 is 0 Å². The Hall–Kier alpha value is -2.96. The van der Waals surface area contributed by atoms with Crippen molar-refractivity contribution in [3.63, 3.8) is 0 Å². The fraction of sp³-hybridized carbons (Fsp3) is 0.542. The van der Waals surface area contributed by atoms with Gasteiger partial charge in [0.15, 0.2) is 17.6 Å². The zero-order valence-electron chi connectivity index (χ0n) is 19.7. The highest BCUT2D eigenvalue weighted by molar-refractivity contribution is 5.85. The monoisotopic (exact) mass is 506 g/mol. The first kappa shape index (κ1) is 24.7. The molecule has 0 saturated carbocycles. The summed E-state index contributed by atoms with van der Waals surface area (Å²) in [4.78, 5) is 20.3. The number of H-pyrrole nitrogens is 1. The number of aromatic amines is 1. The van der Waals surface area contributed by atoms with Gasteiger partial charge in [-0.1, -0.05) is 24.3 Å². The molecule has 0 bridgehead atoms. The summed E-state index contributed by atoms with van der Waals surface area (Å²) in [6.07, 6.45) is -2.13. The summed E-state index contributed by atoms with van der Waals surface area (Å²) in [7, 11) is 0. The highest BCUT2D eigenvalue weighted by Crippen LogP contribution is 2.31. The molecule has 5 rings (SSSR count). The van der Waals surface area contributed by atoms with E-state index in [-0.39, 0.29) is 23.4 Å². The summed E-state index contributed by atoms with van der Waals surface area (Å²) in [6.45, 7) is 2.51. The molecule has 0 aliphatic carbocycles. The number of anilines is 1. The maximum absolute atomic E-state index is 13.3. The number of nitrogens with zero attached hydrogens (tertiary/aromatic N) is 4. The Kier molecular flexibility index (Phi) is 7.00. The molecule has 1 fully saturated rings. The van der Waals surface area contributed by atoms with Gasteiger partial charge in [-0.2, -0.15) is 13.2 Å². The van der Waals surface area contributed by atoms with Crippen molar-refractivity contribution >= 4 is 16.9 Å². The van der Waals surface area contributed by atoms with Crippen LogP contribution in [0.4, 0.5) is 19.0 Å². The van der Waals surface area contributed by atoms with Gasteiger partial charge in [-0.25, -0.2) is 9.67 Å². The third-order valence-electron chi connectivity index (χ3n) is 6.74. The van der Waals surface area contributed by atoms with Crippen molar-refractivity contribution in [1.29, 1.82) is 0 Å². The highest BCUT2D eigenvalue weighted by Gasteiger charge is 2.36. The number of nitrogens with one attached hydrogen (secondary N) is 2. The van der Waals surface area contributed by atoms with Gasteiger partial charge in [0.25, 0.3) is 5.56 Å².